The number of rotatable bonds is 58. The minimum atomic E-state index is -0.838. The number of hydrogen-bond acceptors (Lipinski definition) is 6. The first-order chi connectivity index (χ1) is 41.0. The number of hydrogen-bond donors (Lipinski definition) is 0. The lowest BCUT2D eigenvalue weighted by Crippen LogP contribution is -2.30. The molecule has 1 atom stereocenters. The van der Waals surface area contributed by atoms with Crippen molar-refractivity contribution >= 4 is 17.9 Å². The molecule has 6 nitrogen and oxygen atoms in total. The van der Waals surface area contributed by atoms with E-state index in [-0.39, 0.29) is 38.0 Å². The largest absolute Gasteiger partial charge is 0.462 e. The van der Waals surface area contributed by atoms with E-state index in [0.717, 1.165) is 148 Å². The van der Waals surface area contributed by atoms with E-state index in [9.17, 15) is 14.4 Å². The number of ether oxygens (including phenoxy) is 3. The van der Waals surface area contributed by atoms with Gasteiger partial charge in [0.15, 0.2) is 6.10 Å². The maximum absolute atomic E-state index is 12.9. The van der Waals surface area contributed by atoms with Crippen molar-refractivity contribution in [2.45, 2.75) is 271 Å². The van der Waals surface area contributed by atoms with Crippen LogP contribution in [0.25, 0.3) is 0 Å². The third kappa shape index (κ3) is 67.2. The SMILES string of the molecule is CC/C=C\C/C=C\C/C=C\C/C=C\C/C=C\C/C=C\CCCCCCCCCCCCCCC(=O)OCC(COC(=O)C/C=C\C/C=C\C/C=C\C/C=C\C/C=C\CC)OC(=O)CCCCCCCC/C=C\C/C=C\C/C=C\C/C=C\CC. The van der Waals surface area contributed by atoms with Gasteiger partial charge in [0.1, 0.15) is 13.2 Å². The first kappa shape index (κ1) is 77.5. The van der Waals surface area contributed by atoms with Crippen LogP contribution in [0.2, 0.25) is 0 Å². The van der Waals surface area contributed by atoms with Gasteiger partial charge in [0.05, 0.1) is 6.42 Å². The van der Waals surface area contributed by atoms with Crippen molar-refractivity contribution in [1.82, 2.24) is 0 Å². The van der Waals surface area contributed by atoms with Crippen LogP contribution in [-0.2, 0) is 28.6 Å². The van der Waals surface area contributed by atoms with Crippen LogP contribution in [0.4, 0.5) is 0 Å². The van der Waals surface area contributed by atoms with E-state index < -0.39 is 12.1 Å². The predicted octanol–water partition coefficient (Wildman–Crippen LogP) is 23.2. The quantitative estimate of drug-likeness (QED) is 0.0261. The fourth-order valence-electron chi connectivity index (χ4n) is 8.57. The van der Waals surface area contributed by atoms with Crippen LogP contribution >= 0.6 is 0 Å². The lowest BCUT2D eigenvalue weighted by Gasteiger charge is -2.18. The van der Waals surface area contributed by atoms with Crippen LogP contribution in [0.1, 0.15) is 265 Å². The van der Waals surface area contributed by atoms with E-state index in [1.54, 1.807) is 6.08 Å². The highest BCUT2D eigenvalue weighted by Gasteiger charge is 2.19. The summed E-state index contributed by atoms with van der Waals surface area (Å²) >= 11 is 0. The first-order valence-electron chi connectivity index (χ1n) is 33.3. The highest BCUT2D eigenvalue weighted by Crippen LogP contribution is 2.15. The highest BCUT2D eigenvalue weighted by atomic mass is 16.6. The number of carbonyl (C=O) groups is 3. The molecule has 0 saturated carbocycles. The molecule has 0 saturated heterocycles. The second-order valence-corrected chi connectivity index (χ2v) is 21.2. The van der Waals surface area contributed by atoms with Gasteiger partial charge >= 0.3 is 17.9 Å². The Kier molecular flexibility index (Phi) is 64.4. The van der Waals surface area contributed by atoms with E-state index in [1.807, 2.05) is 6.08 Å². The van der Waals surface area contributed by atoms with Crippen molar-refractivity contribution in [3.8, 4) is 0 Å². The molecule has 0 N–H and O–H groups in total. The van der Waals surface area contributed by atoms with Crippen LogP contribution in [0, 0.1) is 0 Å². The normalized spacial score (nSPS) is 13.3. The molecule has 0 aliphatic rings. The molecule has 0 rings (SSSR count). The van der Waals surface area contributed by atoms with E-state index in [1.165, 1.54) is 77.0 Å². The molecular formula is C77H120O6. The fourth-order valence-corrected chi connectivity index (χ4v) is 8.57. The lowest BCUT2D eigenvalue weighted by atomic mass is 10.0. The summed E-state index contributed by atoms with van der Waals surface area (Å²) in [6, 6.07) is 0. The Morgan fingerprint density at radius 1 is 0.253 bits per heavy atom. The summed E-state index contributed by atoms with van der Waals surface area (Å²) in [6.45, 7) is 6.19. The second kappa shape index (κ2) is 69.0. The molecule has 0 fully saturated rings. The summed E-state index contributed by atoms with van der Waals surface area (Å²) in [5.74, 6) is -1.08. The smallest absolute Gasteiger partial charge is 0.309 e. The van der Waals surface area contributed by atoms with Crippen LogP contribution in [0.15, 0.2) is 182 Å². The number of carbonyl (C=O) groups excluding carboxylic acids is 3. The minimum absolute atomic E-state index is 0.115. The molecule has 0 bridgehead atoms. The summed E-state index contributed by atoms with van der Waals surface area (Å²) in [5, 5.41) is 0. The molecule has 0 spiro atoms. The average molecular weight is 1140 g/mol. The number of allylic oxidation sites excluding steroid dienone is 29. The molecule has 0 aromatic rings. The second-order valence-electron chi connectivity index (χ2n) is 21.2. The summed E-state index contributed by atoms with van der Waals surface area (Å²) in [6.07, 6.45) is 104. The molecule has 6 heteroatoms. The van der Waals surface area contributed by atoms with Gasteiger partial charge in [-0.3, -0.25) is 14.4 Å². The van der Waals surface area contributed by atoms with Gasteiger partial charge in [-0.15, -0.1) is 0 Å². The van der Waals surface area contributed by atoms with Gasteiger partial charge in [-0.1, -0.05) is 293 Å². The maximum atomic E-state index is 12.9. The van der Waals surface area contributed by atoms with Gasteiger partial charge in [0.25, 0.3) is 0 Å². The standard InChI is InChI=1S/C77H120O6/c1-4-7-10-13-16-19-22-25-28-30-32-33-34-35-36-37-38-39-40-41-42-43-45-46-49-52-55-58-61-64-67-70-76(79)82-73-74(72-81-75(78)69-66-63-60-57-54-51-48-27-24-21-18-15-12-9-6-3)83-77(80)71-68-65-62-59-56-53-50-47-44-31-29-26-23-20-17-14-11-8-5-2/h7-12,16-21,25-29,32-33,35-36,38-39,44,47-48,54,57,63,66,74H,4-6,13-15,22-24,30-31,34,37,40-43,45-46,49-53,55-56,58-62,64-65,67-73H2,1-3H3/b10-7-,11-8-,12-9-,19-16-,20-17-,21-18-,28-25-,29-26-,33-32-,36-35-,39-38-,47-44-,48-27-,57-54-,66-63-. The minimum Gasteiger partial charge on any atom is -0.462 e. The Labute approximate surface area is 510 Å². The van der Waals surface area contributed by atoms with Crippen molar-refractivity contribution in [3.63, 3.8) is 0 Å². The molecular weight excluding hydrogens is 1020 g/mol. The summed E-state index contributed by atoms with van der Waals surface area (Å²) < 4.78 is 16.8. The van der Waals surface area contributed by atoms with Crippen molar-refractivity contribution in [2.24, 2.45) is 0 Å². The zero-order chi connectivity index (χ0) is 59.9. The van der Waals surface area contributed by atoms with E-state index >= 15 is 0 Å². The summed E-state index contributed by atoms with van der Waals surface area (Å²) in [5.41, 5.74) is 0. The van der Waals surface area contributed by atoms with Crippen molar-refractivity contribution in [1.29, 1.82) is 0 Å². The van der Waals surface area contributed by atoms with Crippen molar-refractivity contribution in [3.05, 3.63) is 182 Å². The van der Waals surface area contributed by atoms with Crippen molar-refractivity contribution < 1.29 is 28.6 Å². The molecule has 464 valence electrons. The number of esters is 3. The lowest BCUT2D eigenvalue weighted by molar-refractivity contribution is -0.166. The third-order valence-electron chi connectivity index (χ3n) is 13.4. The van der Waals surface area contributed by atoms with Crippen molar-refractivity contribution in [2.75, 3.05) is 13.2 Å². The molecule has 83 heavy (non-hydrogen) atoms. The van der Waals surface area contributed by atoms with Crippen LogP contribution < -0.4 is 0 Å². The first-order valence-corrected chi connectivity index (χ1v) is 33.3. The fraction of sp³-hybridized carbons (Fsp3) is 0.571. The maximum Gasteiger partial charge on any atom is 0.309 e. The molecule has 0 amide bonds. The zero-order valence-corrected chi connectivity index (χ0v) is 53.1. The Balaban J connectivity index is 4.40. The molecule has 0 heterocycles. The molecule has 0 aromatic carbocycles. The van der Waals surface area contributed by atoms with Gasteiger partial charge < -0.3 is 14.2 Å². The Hall–Kier alpha value is -5.49. The van der Waals surface area contributed by atoms with Crippen LogP contribution in [0.5, 0.6) is 0 Å². The zero-order valence-electron chi connectivity index (χ0n) is 53.1. The van der Waals surface area contributed by atoms with E-state index in [2.05, 4.69) is 191 Å². The number of unbranched alkanes of at least 4 members (excludes halogenated alkanes) is 18. The summed E-state index contributed by atoms with van der Waals surface area (Å²) in [4.78, 5) is 38.3. The monoisotopic (exact) mass is 1140 g/mol. The molecule has 0 aliphatic heterocycles. The average Bonchev–Trinajstić information content (AvgIpc) is 3.49. The van der Waals surface area contributed by atoms with Gasteiger partial charge in [-0.2, -0.15) is 0 Å². The molecule has 0 radical (unpaired) electrons. The topological polar surface area (TPSA) is 78.9 Å². The highest BCUT2D eigenvalue weighted by molar-refractivity contribution is 5.72. The Bertz CT molecular complexity index is 1940. The third-order valence-corrected chi connectivity index (χ3v) is 13.4. The van der Waals surface area contributed by atoms with E-state index in [0.29, 0.717) is 6.42 Å². The van der Waals surface area contributed by atoms with Gasteiger partial charge in [-0.25, -0.2) is 0 Å². The molecule has 1 unspecified atom stereocenters. The van der Waals surface area contributed by atoms with E-state index in [4.69, 9.17) is 14.2 Å². The van der Waals surface area contributed by atoms with Gasteiger partial charge in [0.2, 0.25) is 0 Å². The Morgan fingerprint density at radius 2 is 0.482 bits per heavy atom. The molecule has 0 aromatic heterocycles. The van der Waals surface area contributed by atoms with Crippen LogP contribution in [0.3, 0.4) is 0 Å². The Morgan fingerprint density at radius 3 is 0.783 bits per heavy atom. The summed E-state index contributed by atoms with van der Waals surface area (Å²) in [7, 11) is 0. The predicted molar refractivity (Wildman–Crippen MR) is 361 cm³/mol. The van der Waals surface area contributed by atoms with Crippen LogP contribution in [-0.4, -0.2) is 37.2 Å². The molecule has 0 aliphatic carbocycles. The van der Waals surface area contributed by atoms with Gasteiger partial charge in [0, 0.05) is 12.8 Å². The van der Waals surface area contributed by atoms with Gasteiger partial charge in [-0.05, 0) is 135 Å².